The maximum atomic E-state index is 12.1. The first kappa shape index (κ1) is 12.0. The first-order valence-electron chi connectivity index (χ1n) is 4.58. The Balaban J connectivity index is 2.47. The molecule has 0 aliphatic carbocycles. The van der Waals surface area contributed by atoms with Gasteiger partial charge in [0.05, 0.1) is 10.1 Å². The summed E-state index contributed by atoms with van der Waals surface area (Å²) in [4.78, 5) is 30.0. The SMILES string of the molecule is Cc1sc(Br)cc1C(=O)c1nc[nH]c1C(=O)O. The number of halogens is 1. The molecular formula is C10H7BrN2O3S. The van der Waals surface area contributed by atoms with E-state index in [4.69, 9.17) is 5.11 Å². The lowest BCUT2D eigenvalue weighted by atomic mass is 10.1. The number of carboxylic acids is 1. The number of carbonyl (C=O) groups excluding carboxylic acids is 1. The van der Waals surface area contributed by atoms with Crippen LogP contribution < -0.4 is 0 Å². The fourth-order valence-corrected chi connectivity index (χ4v) is 3.12. The van der Waals surface area contributed by atoms with Crippen LogP contribution in [0.3, 0.4) is 0 Å². The number of carboxylic acid groups (broad SMARTS) is 1. The normalized spacial score (nSPS) is 10.5. The van der Waals surface area contributed by atoms with Crippen molar-refractivity contribution in [2.45, 2.75) is 6.92 Å². The van der Waals surface area contributed by atoms with Gasteiger partial charge in [0.1, 0.15) is 5.69 Å². The molecule has 0 spiro atoms. The maximum Gasteiger partial charge on any atom is 0.354 e. The average Bonchev–Trinajstić information content (AvgIpc) is 2.83. The predicted molar refractivity (Wildman–Crippen MR) is 65.7 cm³/mol. The zero-order valence-electron chi connectivity index (χ0n) is 8.65. The molecule has 0 amide bonds. The predicted octanol–water partition coefficient (Wildman–Crippen LogP) is 2.47. The minimum absolute atomic E-state index is 0.0640. The van der Waals surface area contributed by atoms with Gasteiger partial charge in [-0.2, -0.15) is 0 Å². The van der Waals surface area contributed by atoms with Crippen molar-refractivity contribution in [1.29, 1.82) is 0 Å². The first-order chi connectivity index (χ1) is 8.00. The van der Waals surface area contributed by atoms with Gasteiger partial charge in [-0.3, -0.25) is 4.79 Å². The second kappa shape index (κ2) is 4.42. The number of imidazole rings is 1. The highest BCUT2D eigenvalue weighted by Gasteiger charge is 2.23. The Kier molecular flexibility index (Phi) is 3.12. The van der Waals surface area contributed by atoms with Crippen molar-refractivity contribution in [3.05, 3.63) is 38.0 Å². The fourth-order valence-electron chi connectivity index (χ4n) is 1.43. The number of rotatable bonds is 3. The molecule has 2 rings (SSSR count). The number of H-pyrrole nitrogens is 1. The molecule has 0 unspecified atom stereocenters. The van der Waals surface area contributed by atoms with Gasteiger partial charge >= 0.3 is 5.97 Å². The van der Waals surface area contributed by atoms with E-state index in [9.17, 15) is 9.59 Å². The first-order valence-corrected chi connectivity index (χ1v) is 6.19. The lowest BCUT2D eigenvalue weighted by molar-refractivity contribution is 0.0687. The highest BCUT2D eigenvalue weighted by Crippen LogP contribution is 2.28. The zero-order valence-corrected chi connectivity index (χ0v) is 11.1. The van der Waals surface area contributed by atoms with Crippen LogP contribution in [0.2, 0.25) is 0 Å². The number of aromatic nitrogens is 2. The third kappa shape index (κ3) is 2.16. The summed E-state index contributed by atoms with van der Waals surface area (Å²) < 4.78 is 0.825. The van der Waals surface area contributed by atoms with Crippen molar-refractivity contribution in [2.75, 3.05) is 0 Å². The second-order valence-electron chi connectivity index (χ2n) is 3.28. The van der Waals surface area contributed by atoms with Gasteiger partial charge in [0.2, 0.25) is 5.78 Å². The Morgan fingerprint density at radius 3 is 2.76 bits per heavy atom. The molecule has 88 valence electrons. The number of nitrogens with one attached hydrogen (secondary N) is 1. The minimum Gasteiger partial charge on any atom is -0.477 e. The highest BCUT2D eigenvalue weighted by atomic mass is 79.9. The van der Waals surface area contributed by atoms with Crippen molar-refractivity contribution in [2.24, 2.45) is 0 Å². The Morgan fingerprint density at radius 1 is 1.53 bits per heavy atom. The number of thiophene rings is 1. The van der Waals surface area contributed by atoms with Crippen molar-refractivity contribution < 1.29 is 14.7 Å². The Morgan fingerprint density at radius 2 is 2.24 bits per heavy atom. The van der Waals surface area contributed by atoms with E-state index in [1.165, 1.54) is 17.7 Å². The van der Waals surface area contributed by atoms with Crippen LogP contribution in [0.1, 0.15) is 31.4 Å². The van der Waals surface area contributed by atoms with Crippen molar-refractivity contribution in [3.63, 3.8) is 0 Å². The van der Waals surface area contributed by atoms with Gasteiger partial charge in [-0.1, -0.05) is 0 Å². The van der Waals surface area contributed by atoms with Crippen LogP contribution in [-0.4, -0.2) is 26.8 Å². The number of hydrogen-bond acceptors (Lipinski definition) is 4. The van der Waals surface area contributed by atoms with Gasteiger partial charge in [0.25, 0.3) is 0 Å². The van der Waals surface area contributed by atoms with Crippen LogP contribution in [0.5, 0.6) is 0 Å². The van der Waals surface area contributed by atoms with E-state index in [1.54, 1.807) is 13.0 Å². The summed E-state index contributed by atoms with van der Waals surface area (Å²) in [6.07, 6.45) is 1.20. The maximum absolute atomic E-state index is 12.1. The number of nitrogens with zero attached hydrogens (tertiary/aromatic N) is 1. The Bertz CT molecular complexity index is 602. The number of hydrogen-bond donors (Lipinski definition) is 2. The molecule has 0 saturated carbocycles. The van der Waals surface area contributed by atoms with Crippen molar-refractivity contribution in [1.82, 2.24) is 9.97 Å². The minimum atomic E-state index is -1.20. The van der Waals surface area contributed by atoms with Gasteiger partial charge in [-0.25, -0.2) is 9.78 Å². The molecule has 0 aromatic carbocycles. The summed E-state index contributed by atoms with van der Waals surface area (Å²) in [5.41, 5.74) is 0.221. The Hall–Kier alpha value is -1.47. The number of aryl methyl sites for hydroxylation is 1. The fraction of sp³-hybridized carbons (Fsp3) is 0.100. The largest absolute Gasteiger partial charge is 0.477 e. The second-order valence-corrected chi connectivity index (χ2v) is 5.92. The van der Waals surface area contributed by atoms with Crippen LogP contribution in [0.15, 0.2) is 16.2 Å². The van der Waals surface area contributed by atoms with Gasteiger partial charge in [-0.05, 0) is 28.9 Å². The molecule has 7 heteroatoms. The van der Waals surface area contributed by atoms with E-state index in [0.29, 0.717) is 5.56 Å². The molecule has 17 heavy (non-hydrogen) atoms. The van der Waals surface area contributed by atoms with E-state index in [2.05, 4.69) is 25.9 Å². The summed E-state index contributed by atoms with van der Waals surface area (Å²) in [5.74, 6) is -1.58. The van der Waals surface area contributed by atoms with Crippen LogP contribution >= 0.6 is 27.3 Å². The molecule has 0 aliphatic heterocycles. The molecule has 0 radical (unpaired) electrons. The number of ketones is 1. The van der Waals surface area contributed by atoms with Crippen LogP contribution in [0, 0.1) is 6.92 Å². The molecule has 2 aromatic heterocycles. The number of aromatic amines is 1. The molecule has 0 saturated heterocycles. The number of carbonyl (C=O) groups is 2. The quantitative estimate of drug-likeness (QED) is 0.852. The molecule has 0 bridgehead atoms. The Labute approximate surface area is 109 Å². The van der Waals surface area contributed by atoms with E-state index in [0.717, 1.165) is 8.66 Å². The molecule has 0 fully saturated rings. The lowest BCUT2D eigenvalue weighted by Gasteiger charge is -1.97. The molecule has 2 aromatic rings. The third-order valence-corrected chi connectivity index (χ3v) is 3.75. The summed E-state index contributed by atoms with van der Waals surface area (Å²) in [5, 5.41) is 8.89. The van der Waals surface area contributed by atoms with Gasteiger partial charge < -0.3 is 10.1 Å². The van der Waals surface area contributed by atoms with Gasteiger partial charge in [-0.15, -0.1) is 11.3 Å². The molecule has 2 heterocycles. The van der Waals surface area contributed by atoms with E-state index >= 15 is 0 Å². The summed E-state index contributed by atoms with van der Waals surface area (Å²) in [6.45, 7) is 1.80. The highest BCUT2D eigenvalue weighted by molar-refractivity contribution is 9.11. The van der Waals surface area contributed by atoms with Gasteiger partial charge in [0, 0.05) is 10.4 Å². The molecule has 2 N–H and O–H groups in total. The summed E-state index contributed by atoms with van der Waals surface area (Å²) in [6, 6.07) is 1.67. The van der Waals surface area contributed by atoms with Gasteiger partial charge in [0.15, 0.2) is 5.69 Å². The molecular weight excluding hydrogens is 308 g/mol. The van der Waals surface area contributed by atoms with E-state index in [1.807, 2.05) is 0 Å². The lowest BCUT2D eigenvalue weighted by Crippen LogP contribution is -2.09. The van der Waals surface area contributed by atoms with Crippen LogP contribution in [0.25, 0.3) is 0 Å². The average molecular weight is 315 g/mol. The van der Waals surface area contributed by atoms with E-state index in [-0.39, 0.29) is 17.2 Å². The van der Waals surface area contributed by atoms with Crippen molar-refractivity contribution >= 4 is 39.0 Å². The standard InChI is InChI=1S/C10H7BrN2O3S/c1-4-5(2-6(11)17-4)9(14)7-8(10(15)16)13-3-12-7/h2-3H,1H3,(H,12,13)(H,15,16). The monoisotopic (exact) mass is 314 g/mol. The molecule has 0 aliphatic rings. The smallest absolute Gasteiger partial charge is 0.354 e. The van der Waals surface area contributed by atoms with Crippen LogP contribution in [-0.2, 0) is 0 Å². The van der Waals surface area contributed by atoms with Crippen LogP contribution in [0.4, 0.5) is 0 Å². The number of aromatic carboxylic acids is 1. The third-order valence-electron chi connectivity index (χ3n) is 2.20. The van der Waals surface area contributed by atoms with Crippen molar-refractivity contribution in [3.8, 4) is 0 Å². The molecule has 0 atom stereocenters. The summed E-state index contributed by atoms with van der Waals surface area (Å²) in [7, 11) is 0. The zero-order chi connectivity index (χ0) is 12.6. The summed E-state index contributed by atoms with van der Waals surface area (Å²) >= 11 is 4.70. The molecule has 5 nitrogen and oxygen atoms in total. The van der Waals surface area contributed by atoms with E-state index < -0.39 is 5.97 Å². The topological polar surface area (TPSA) is 83.0 Å².